The molecule has 0 aromatic heterocycles. The summed E-state index contributed by atoms with van der Waals surface area (Å²) < 4.78 is 2.43. The van der Waals surface area contributed by atoms with E-state index in [1.807, 2.05) is 0 Å². The SMILES string of the molecule is C1=CC(CC[As](C2CCCCC2)C2CCCCC2)C=C1. The van der Waals surface area contributed by atoms with Crippen LogP contribution in [0.3, 0.4) is 0 Å². The molecule has 20 heavy (non-hydrogen) atoms. The summed E-state index contributed by atoms with van der Waals surface area (Å²) in [4.78, 5) is 0. The minimum absolute atomic E-state index is 0.599. The first-order chi connectivity index (χ1) is 9.93. The van der Waals surface area contributed by atoms with Crippen molar-refractivity contribution in [1.82, 2.24) is 0 Å². The molecule has 3 rings (SSSR count). The minimum atomic E-state index is -0.599. The number of rotatable bonds is 5. The molecule has 0 heterocycles. The Hall–Kier alpha value is 0.0384. The van der Waals surface area contributed by atoms with E-state index in [9.17, 15) is 0 Å². The van der Waals surface area contributed by atoms with Crippen molar-refractivity contribution < 1.29 is 0 Å². The van der Waals surface area contributed by atoms with E-state index in [0.29, 0.717) is 0 Å². The van der Waals surface area contributed by atoms with E-state index in [1.165, 1.54) is 28.7 Å². The third kappa shape index (κ3) is 4.03. The summed E-state index contributed by atoms with van der Waals surface area (Å²) in [6.07, 6.45) is 26.5. The molecule has 0 unspecified atom stereocenters. The zero-order valence-electron chi connectivity index (χ0n) is 13.0. The molecule has 0 aliphatic heterocycles. The molecule has 2 saturated carbocycles. The predicted molar refractivity (Wildman–Crippen MR) is 90.6 cm³/mol. The number of allylic oxidation sites excluding steroid dienone is 4. The van der Waals surface area contributed by atoms with Crippen LogP contribution in [0, 0.1) is 5.92 Å². The van der Waals surface area contributed by atoms with E-state index in [1.54, 1.807) is 56.6 Å². The van der Waals surface area contributed by atoms with Gasteiger partial charge in [0.1, 0.15) is 0 Å². The van der Waals surface area contributed by atoms with Crippen LogP contribution < -0.4 is 0 Å². The van der Waals surface area contributed by atoms with Gasteiger partial charge in [-0.1, -0.05) is 0 Å². The summed E-state index contributed by atoms with van der Waals surface area (Å²) in [6, 6.07) is 0. The summed E-state index contributed by atoms with van der Waals surface area (Å²) in [7, 11) is 0. The molecule has 0 saturated heterocycles. The fourth-order valence-electron chi connectivity index (χ4n) is 4.46. The summed E-state index contributed by atoms with van der Waals surface area (Å²) >= 11 is -0.599. The average Bonchev–Trinajstić information content (AvgIpc) is 3.03. The van der Waals surface area contributed by atoms with Gasteiger partial charge in [0.25, 0.3) is 0 Å². The fourth-order valence-corrected chi connectivity index (χ4v) is 12.8. The Balaban J connectivity index is 1.58. The fraction of sp³-hybridized carbons (Fsp3) is 0.789. The molecule has 0 radical (unpaired) electrons. The molecule has 0 atom stereocenters. The molecular weight excluding hydrogens is 303 g/mol. The molecular formula is C19H31As. The van der Waals surface area contributed by atoms with Crippen LogP contribution in [0.1, 0.15) is 70.6 Å². The molecule has 0 nitrogen and oxygen atoms in total. The molecule has 3 aliphatic carbocycles. The number of hydrogen-bond acceptors (Lipinski definition) is 0. The quantitative estimate of drug-likeness (QED) is 0.519. The van der Waals surface area contributed by atoms with Crippen molar-refractivity contribution in [3.63, 3.8) is 0 Å². The molecule has 1 heteroatoms. The number of hydrogen-bond donors (Lipinski definition) is 0. The second-order valence-corrected chi connectivity index (χ2v) is 13.2. The molecule has 2 fully saturated rings. The first-order valence-corrected chi connectivity index (χ1v) is 12.5. The van der Waals surface area contributed by atoms with Crippen LogP contribution in [-0.4, -0.2) is 14.7 Å². The summed E-state index contributed by atoms with van der Waals surface area (Å²) in [5.41, 5.74) is 0. The third-order valence-electron chi connectivity index (χ3n) is 5.64. The summed E-state index contributed by atoms with van der Waals surface area (Å²) in [5.74, 6) is 0.791. The topological polar surface area (TPSA) is 0 Å². The van der Waals surface area contributed by atoms with Crippen molar-refractivity contribution in [2.45, 2.75) is 85.2 Å². The predicted octanol–water partition coefficient (Wildman–Crippen LogP) is 6.28. The van der Waals surface area contributed by atoms with Crippen LogP contribution in [0.5, 0.6) is 0 Å². The van der Waals surface area contributed by atoms with E-state index >= 15 is 0 Å². The van der Waals surface area contributed by atoms with Gasteiger partial charge in [0.05, 0.1) is 0 Å². The monoisotopic (exact) mass is 334 g/mol. The van der Waals surface area contributed by atoms with Crippen molar-refractivity contribution in [3.05, 3.63) is 24.3 Å². The molecule has 0 aromatic rings. The Labute approximate surface area is 130 Å². The van der Waals surface area contributed by atoms with Gasteiger partial charge in [-0.05, 0) is 0 Å². The van der Waals surface area contributed by atoms with Crippen molar-refractivity contribution >= 4 is 14.7 Å². The van der Waals surface area contributed by atoms with E-state index in [4.69, 9.17) is 0 Å². The van der Waals surface area contributed by atoms with Gasteiger partial charge in [0.2, 0.25) is 0 Å². The van der Waals surface area contributed by atoms with Crippen LogP contribution in [0.2, 0.25) is 14.6 Å². The van der Waals surface area contributed by atoms with Gasteiger partial charge >= 0.3 is 130 Å². The second-order valence-electron chi connectivity index (χ2n) is 7.04. The van der Waals surface area contributed by atoms with Gasteiger partial charge < -0.3 is 0 Å². The standard InChI is InChI=1S/C19H31As/c1-3-11-18(12-4-1)20(19-13-5-2-6-14-19)16-15-17-9-7-8-10-17/h7-10,17-19H,1-6,11-16H2. The Morgan fingerprint density at radius 3 is 1.70 bits per heavy atom. The Morgan fingerprint density at radius 1 is 0.700 bits per heavy atom. The van der Waals surface area contributed by atoms with Crippen LogP contribution in [-0.2, 0) is 0 Å². The van der Waals surface area contributed by atoms with Crippen molar-refractivity contribution in [3.8, 4) is 0 Å². The van der Waals surface area contributed by atoms with Crippen molar-refractivity contribution in [2.24, 2.45) is 5.92 Å². The Morgan fingerprint density at radius 2 is 1.20 bits per heavy atom. The first kappa shape index (κ1) is 15.0. The Bertz CT molecular complexity index is 302. The Kier molecular flexibility index (Phi) is 5.89. The normalized spacial score (nSPS) is 25.9. The van der Waals surface area contributed by atoms with Gasteiger partial charge in [0.15, 0.2) is 0 Å². The maximum absolute atomic E-state index is 2.42. The zero-order valence-corrected chi connectivity index (χ0v) is 14.9. The van der Waals surface area contributed by atoms with Crippen LogP contribution in [0.15, 0.2) is 24.3 Å². The maximum atomic E-state index is 2.42. The van der Waals surface area contributed by atoms with E-state index < -0.39 is 14.7 Å². The molecule has 112 valence electrons. The average molecular weight is 334 g/mol. The molecule has 0 amide bonds. The van der Waals surface area contributed by atoms with E-state index in [0.717, 1.165) is 5.92 Å². The van der Waals surface area contributed by atoms with E-state index in [-0.39, 0.29) is 0 Å². The van der Waals surface area contributed by atoms with Gasteiger partial charge in [-0.15, -0.1) is 0 Å². The molecule has 0 spiro atoms. The van der Waals surface area contributed by atoms with Gasteiger partial charge in [-0.2, -0.15) is 0 Å². The van der Waals surface area contributed by atoms with Gasteiger partial charge in [-0.25, -0.2) is 0 Å². The van der Waals surface area contributed by atoms with Crippen LogP contribution in [0.25, 0.3) is 0 Å². The van der Waals surface area contributed by atoms with Gasteiger partial charge in [-0.3, -0.25) is 0 Å². The van der Waals surface area contributed by atoms with Crippen LogP contribution in [0.4, 0.5) is 0 Å². The molecule has 3 aliphatic rings. The van der Waals surface area contributed by atoms with Crippen molar-refractivity contribution in [2.75, 3.05) is 0 Å². The summed E-state index contributed by atoms with van der Waals surface area (Å²) in [6.45, 7) is 0. The van der Waals surface area contributed by atoms with Crippen LogP contribution >= 0.6 is 0 Å². The summed E-state index contributed by atoms with van der Waals surface area (Å²) in [5, 5.41) is 1.64. The first-order valence-electron chi connectivity index (χ1n) is 9.04. The van der Waals surface area contributed by atoms with E-state index in [2.05, 4.69) is 24.3 Å². The third-order valence-corrected chi connectivity index (χ3v) is 13.4. The second kappa shape index (κ2) is 7.88. The zero-order chi connectivity index (χ0) is 13.6. The van der Waals surface area contributed by atoms with Crippen molar-refractivity contribution in [1.29, 1.82) is 0 Å². The molecule has 0 N–H and O–H groups in total. The molecule has 0 aromatic carbocycles. The van der Waals surface area contributed by atoms with Gasteiger partial charge in [0, 0.05) is 0 Å². The molecule has 0 bridgehead atoms.